The first-order chi connectivity index (χ1) is 7.19. The number of ether oxygens (including phenoxy) is 1. The summed E-state index contributed by atoms with van der Waals surface area (Å²) in [6.45, 7) is 4.52. The molecule has 15 heavy (non-hydrogen) atoms. The molecule has 1 saturated heterocycles. The molecule has 1 N–H and O–H groups in total. The highest BCUT2D eigenvalue weighted by atomic mass is 16.6. The third-order valence-electron chi connectivity index (χ3n) is 3.80. The Hall–Kier alpha value is -0.830. The van der Waals surface area contributed by atoms with Crippen molar-refractivity contribution in [2.75, 3.05) is 6.61 Å². The summed E-state index contributed by atoms with van der Waals surface area (Å²) in [7, 11) is 0. The molecule has 1 heterocycles. The molecule has 1 saturated carbocycles. The quantitative estimate of drug-likeness (QED) is 0.571. The van der Waals surface area contributed by atoms with Gasteiger partial charge < -0.3 is 9.84 Å². The van der Waals surface area contributed by atoms with E-state index in [9.17, 15) is 9.90 Å². The third-order valence-corrected chi connectivity index (χ3v) is 3.80. The summed E-state index contributed by atoms with van der Waals surface area (Å²) in [5, 5.41) is 9.46. The lowest BCUT2D eigenvalue weighted by molar-refractivity contribution is -0.154. The molecule has 3 nitrogen and oxygen atoms in total. The fourth-order valence-electron chi connectivity index (χ4n) is 2.81. The number of allylic oxidation sites excluding steroid dienone is 1. The second-order valence-corrected chi connectivity index (χ2v) is 4.71. The Labute approximate surface area is 90.1 Å². The van der Waals surface area contributed by atoms with Crippen LogP contribution in [0.4, 0.5) is 0 Å². The Morgan fingerprint density at radius 3 is 2.87 bits per heavy atom. The largest absolute Gasteiger partial charge is 0.481 e. The lowest BCUT2D eigenvalue weighted by atomic mass is 9.64. The maximum Gasteiger partial charge on any atom is 0.310 e. The Morgan fingerprint density at radius 2 is 2.33 bits per heavy atom. The lowest BCUT2D eigenvalue weighted by Crippen LogP contribution is -2.41. The highest BCUT2D eigenvalue weighted by molar-refractivity contribution is 5.75. The van der Waals surface area contributed by atoms with Crippen LogP contribution in [0.25, 0.3) is 0 Å². The van der Waals surface area contributed by atoms with E-state index in [-0.39, 0.29) is 12.0 Å². The first-order valence-electron chi connectivity index (χ1n) is 5.66. The van der Waals surface area contributed by atoms with E-state index in [1.807, 2.05) is 6.08 Å². The second-order valence-electron chi connectivity index (χ2n) is 4.71. The topological polar surface area (TPSA) is 49.8 Å². The van der Waals surface area contributed by atoms with Crippen molar-refractivity contribution in [1.82, 2.24) is 0 Å². The minimum absolute atomic E-state index is 0.118. The van der Waals surface area contributed by atoms with Crippen molar-refractivity contribution < 1.29 is 14.6 Å². The van der Waals surface area contributed by atoms with Gasteiger partial charge in [-0.3, -0.25) is 4.79 Å². The molecule has 3 unspecified atom stereocenters. The molecule has 84 valence electrons. The first-order valence-corrected chi connectivity index (χ1v) is 5.66. The minimum atomic E-state index is -0.664. The van der Waals surface area contributed by atoms with Crippen LogP contribution in [0, 0.1) is 11.3 Å². The monoisotopic (exact) mass is 210 g/mol. The molecule has 2 aliphatic rings. The van der Waals surface area contributed by atoms with Crippen LogP contribution in [0.3, 0.4) is 0 Å². The number of epoxide rings is 1. The van der Waals surface area contributed by atoms with Gasteiger partial charge in [0, 0.05) is 0 Å². The van der Waals surface area contributed by atoms with E-state index in [1.165, 1.54) is 0 Å². The zero-order valence-electron chi connectivity index (χ0n) is 8.95. The zero-order valence-corrected chi connectivity index (χ0v) is 8.95. The van der Waals surface area contributed by atoms with E-state index < -0.39 is 11.4 Å². The Kier molecular flexibility index (Phi) is 2.83. The summed E-state index contributed by atoms with van der Waals surface area (Å²) in [6, 6.07) is 0. The number of aliphatic carboxylic acids is 1. The molecule has 0 aromatic heterocycles. The van der Waals surface area contributed by atoms with E-state index in [4.69, 9.17) is 4.74 Å². The average molecular weight is 210 g/mol. The third kappa shape index (κ3) is 1.93. The fraction of sp³-hybridized carbons (Fsp3) is 0.750. The van der Waals surface area contributed by atoms with Gasteiger partial charge in [-0.15, -0.1) is 6.58 Å². The summed E-state index contributed by atoms with van der Waals surface area (Å²) in [6.07, 6.45) is 6.55. The van der Waals surface area contributed by atoms with E-state index in [0.717, 1.165) is 32.3 Å². The fourth-order valence-corrected chi connectivity index (χ4v) is 2.81. The molecular formula is C12H18O3. The van der Waals surface area contributed by atoms with Gasteiger partial charge in [-0.1, -0.05) is 18.9 Å². The predicted octanol–water partition coefficient (Wildman–Crippen LogP) is 2.22. The maximum absolute atomic E-state index is 11.5. The Morgan fingerprint density at radius 1 is 1.60 bits per heavy atom. The van der Waals surface area contributed by atoms with Crippen LogP contribution in [-0.2, 0) is 9.53 Å². The van der Waals surface area contributed by atoms with Crippen LogP contribution in [0.2, 0.25) is 0 Å². The number of rotatable bonds is 4. The number of hydrogen-bond acceptors (Lipinski definition) is 2. The highest BCUT2D eigenvalue weighted by Crippen LogP contribution is 2.47. The number of carboxylic acid groups (broad SMARTS) is 1. The Balaban J connectivity index is 2.19. The molecule has 0 amide bonds. The van der Waals surface area contributed by atoms with Crippen LogP contribution < -0.4 is 0 Å². The Bertz CT molecular complexity index is 270. The lowest BCUT2D eigenvalue weighted by Gasteiger charge is -2.39. The molecule has 0 spiro atoms. The molecule has 2 rings (SSSR count). The molecule has 0 aromatic rings. The number of hydrogen-bond donors (Lipinski definition) is 1. The van der Waals surface area contributed by atoms with Crippen molar-refractivity contribution in [1.29, 1.82) is 0 Å². The van der Waals surface area contributed by atoms with Gasteiger partial charge in [-0.2, -0.15) is 0 Å². The van der Waals surface area contributed by atoms with Crippen molar-refractivity contribution in [2.45, 2.75) is 38.2 Å². The van der Waals surface area contributed by atoms with Gasteiger partial charge in [0.1, 0.15) is 0 Å². The average Bonchev–Trinajstić information content (AvgIpc) is 3.02. The van der Waals surface area contributed by atoms with E-state index in [1.54, 1.807) is 0 Å². The molecule has 1 aliphatic carbocycles. The van der Waals surface area contributed by atoms with Gasteiger partial charge in [0.05, 0.1) is 18.1 Å². The van der Waals surface area contributed by atoms with Gasteiger partial charge in [0.2, 0.25) is 0 Å². The second kappa shape index (κ2) is 3.97. The van der Waals surface area contributed by atoms with Crippen LogP contribution >= 0.6 is 0 Å². The van der Waals surface area contributed by atoms with Gasteiger partial charge in [-0.05, 0) is 25.2 Å². The summed E-state index contributed by atoms with van der Waals surface area (Å²) < 4.78 is 5.18. The smallest absolute Gasteiger partial charge is 0.310 e. The van der Waals surface area contributed by atoms with Crippen LogP contribution in [0.15, 0.2) is 12.7 Å². The van der Waals surface area contributed by atoms with Gasteiger partial charge in [0.25, 0.3) is 0 Å². The van der Waals surface area contributed by atoms with Crippen LogP contribution in [-0.4, -0.2) is 23.8 Å². The van der Waals surface area contributed by atoms with Crippen molar-refractivity contribution in [3.63, 3.8) is 0 Å². The highest BCUT2D eigenvalue weighted by Gasteiger charge is 2.49. The maximum atomic E-state index is 11.5. The minimum Gasteiger partial charge on any atom is -0.481 e. The molecule has 3 atom stereocenters. The molecule has 3 heteroatoms. The SMILES string of the molecule is C=CC1CCCCC1(CC1CO1)C(=O)O. The molecule has 0 bridgehead atoms. The predicted molar refractivity (Wildman–Crippen MR) is 56.6 cm³/mol. The van der Waals surface area contributed by atoms with Crippen molar-refractivity contribution >= 4 is 5.97 Å². The van der Waals surface area contributed by atoms with E-state index in [2.05, 4.69) is 6.58 Å². The summed E-state index contributed by atoms with van der Waals surface area (Å²) in [5.74, 6) is -0.546. The van der Waals surface area contributed by atoms with Crippen molar-refractivity contribution in [3.05, 3.63) is 12.7 Å². The molecule has 2 fully saturated rings. The normalized spacial score (nSPS) is 39.7. The first kappa shape index (κ1) is 10.7. The zero-order chi connectivity index (χ0) is 10.9. The van der Waals surface area contributed by atoms with Gasteiger partial charge >= 0.3 is 5.97 Å². The number of carboxylic acids is 1. The summed E-state index contributed by atoms with van der Waals surface area (Å²) >= 11 is 0. The van der Waals surface area contributed by atoms with Crippen LogP contribution in [0.5, 0.6) is 0 Å². The van der Waals surface area contributed by atoms with Crippen LogP contribution in [0.1, 0.15) is 32.1 Å². The molecule has 0 radical (unpaired) electrons. The van der Waals surface area contributed by atoms with Crippen molar-refractivity contribution in [2.24, 2.45) is 11.3 Å². The van der Waals surface area contributed by atoms with Crippen molar-refractivity contribution in [3.8, 4) is 0 Å². The van der Waals surface area contributed by atoms with E-state index >= 15 is 0 Å². The van der Waals surface area contributed by atoms with Gasteiger partial charge in [-0.25, -0.2) is 0 Å². The molecular weight excluding hydrogens is 192 g/mol. The van der Waals surface area contributed by atoms with E-state index in [0.29, 0.717) is 6.42 Å². The number of carbonyl (C=O) groups is 1. The van der Waals surface area contributed by atoms with Gasteiger partial charge in [0.15, 0.2) is 0 Å². The molecule has 1 aliphatic heterocycles. The summed E-state index contributed by atoms with van der Waals surface area (Å²) in [5.41, 5.74) is -0.596. The standard InChI is InChI=1S/C12H18O3/c1-2-9-5-3-4-6-12(9,11(13)14)7-10-8-15-10/h2,9-10H,1,3-8H2,(H,13,14). The molecule has 0 aromatic carbocycles. The summed E-state index contributed by atoms with van der Waals surface area (Å²) in [4.78, 5) is 11.5.